The molecular formula is C55H46O6S2. The SMILES string of the molecule is CC(C)c1ccc(S(=O)(=O)c2ccc(-c3ccc(C(=O)c4ccc5ccc(C(=O)c6ccc(-c7ccc(S(=O)(=O)c8ccc(C(C)(C)C)cc8)cc7)cc6)cc5c4)cc3)cc2)cc1. The Hall–Kier alpha value is -6.74. The fraction of sp³-hybridized carbons (Fsp3) is 0.127. The van der Waals surface area contributed by atoms with Crippen molar-refractivity contribution in [2.75, 3.05) is 0 Å². The van der Waals surface area contributed by atoms with Gasteiger partial charge in [0.25, 0.3) is 0 Å². The quantitative estimate of drug-likeness (QED) is 0.120. The second-order valence-electron chi connectivity index (χ2n) is 17.1. The molecule has 0 unspecified atom stereocenters. The fourth-order valence-corrected chi connectivity index (χ4v) is 10.1. The van der Waals surface area contributed by atoms with Gasteiger partial charge in [-0.3, -0.25) is 9.59 Å². The fourth-order valence-electron chi connectivity index (χ4n) is 7.58. The number of fused-ring (bicyclic) bond motifs is 1. The lowest BCUT2D eigenvalue weighted by molar-refractivity contribution is 0.103. The van der Waals surface area contributed by atoms with Gasteiger partial charge < -0.3 is 0 Å². The van der Waals surface area contributed by atoms with Crippen molar-refractivity contribution in [2.24, 2.45) is 0 Å². The van der Waals surface area contributed by atoms with Gasteiger partial charge in [0.2, 0.25) is 19.7 Å². The van der Waals surface area contributed by atoms with Crippen molar-refractivity contribution < 1.29 is 26.4 Å². The second kappa shape index (κ2) is 16.9. The average molecular weight is 867 g/mol. The molecule has 8 aromatic carbocycles. The molecule has 0 fully saturated rings. The Balaban J connectivity index is 0.937. The molecule has 0 radical (unpaired) electrons. The molecule has 0 amide bonds. The van der Waals surface area contributed by atoms with Crippen molar-refractivity contribution in [1.29, 1.82) is 0 Å². The van der Waals surface area contributed by atoms with E-state index in [0.717, 1.165) is 44.2 Å². The molecule has 8 aromatic rings. The number of rotatable bonds is 11. The first-order chi connectivity index (χ1) is 30.0. The summed E-state index contributed by atoms with van der Waals surface area (Å²) >= 11 is 0. The van der Waals surface area contributed by atoms with Crippen LogP contribution in [0.1, 0.15) is 83.5 Å². The predicted molar refractivity (Wildman–Crippen MR) is 251 cm³/mol. The molecule has 0 bridgehead atoms. The Morgan fingerprint density at radius 3 is 1.02 bits per heavy atom. The Morgan fingerprint density at radius 1 is 0.381 bits per heavy atom. The van der Waals surface area contributed by atoms with E-state index in [1.54, 1.807) is 121 Å². The summed E-state index contributed by atoms with van der Waals surface area (Å²) in [5.74, 6) is -0.0270. The number of ketones is 2. The van der Waals surface area contributed by atoms with Crippen LogP contribution >= 0.6 is 0 Å². The zero-order valence-electron chi connectivity index (χ0n) is 35.7. The number of hydrogen-bond acceptors (Lipinski definition) is 6. The van der Waals surface area contributed by atoms with Crippen LogP contribution in [-0.2, 0) is 25.1 Å². The van der Waals surface area contributed by atoms with Crippen LogP contribution in [0, 0.1) is 0 Å². The van der Waals surface area contributed by atoms with E-state index in [1.165, 1.54) is 0 Å². The molecule has 0 aliphatic heterocycles. The summed E-state index contributed by atoms with van der Waals surface area (Å²) in [6, 6.07) is 52.9. The maximum Gasteiger partial charge on any atom is 0.206 e. The second-order valence-corrected chi connectivity index (χ2v) is 21.0. The average Bonchev–Trinajstić information content (AvgIpc) is 3.30. The first-order valence-corrected chi connectivity index (χ1v) is 23.7. The molecule has 63 heavy (non-hydrogen) atoms. The van der Waals surface area contributed by atoms with Gasteiger partial charge >= 0.3 is 0 Å². The summed E-state index contributed by atoms with van der Waals surface area (Å²) in [6.45, 7) is 10.4. The van der Waals surface area contributed by atoms with Crippen molar-refractivity contribution in [3.63, 3.8) is 0 Å². The third-order valence-corrected chi connectivity index (χ3v) is 15.1. The topological polar surface area (TPSA) is 102 Å². The Labute approximate surface area is 369 Å². The Morgan fingerprint density at radius 2 is 0.683 bits per heavy atom. The normalized spacial score (nSPS) is 12.1. The predicted octanol–water partition coefficient (Wildman–Crippen LogP) is 12.7. The molecular weight excluding hydrogens is 821 g/mol. The summed E-state index contributed by atoms with van der Waals surface area (Å²) in [6.07, 6.45) is 0. The van der Waals surface area contributed by atoms with E-state index in [0.29, 0.717) is 28.2 Å². The summed E-state index contributed by atoms with van der Waals surface area (Å²) in [5.41, 5.74) is 7.33. The third-order valence-electron chi connectivity index (χ3n) is 11.5. The molecule has 6 nitrogen and oxygen atoms in total. The largest absolute Gasteiger partial charge is 0.289 e. The van der Waals surface area contributed by atoms with Crippen LogP contribution in [-0.4, -0.2) is 28.4 Å². The molecule has 0 aliphatic carbocycles. The number of hydrogen-bond donors (Lipinski definition) is 0. The van der Waals surface area contributed by atoms with Crippen LogP contribution in [0.2, 0.25) is 0 Å². The van der Waals surface area contributed by atoms with Gasteiger partial charge in [-0.2, -0.15) is 0 Å². The lowest BCUT2D eigenvalue weighted by Gasteiger charge is -2.19. The molecule has 8 heteroatoms. The zero-order valence-corrected chi connectivity index (χ0v) is 37.3. The van der Waals surface area contributed by atoms with Crippen LogP contribution in [0.25, 0.3) is 33.0 Å². The highest BCUT2D eigenvalue weighted by Gasteiger charge is 2.21. The van der Waals surface area contributed by atoms with E-state index in [4.69, 9.17) is 0 Å². The molecule has 0 saturated heterocycles. The summed E-state index contributed by atoms with van der Waals surface area (Å²) in [7, 11) is -7.36. The standard InChI is InChI=1S/C55H46O6S2/c1-36(2)37-18-26-49(27-19-37)62(58,59)50-28-20-40(21-29-50)38-6-12-43(13-7-38)53(56)45-16-10-42-11-17-46(35-47(42)34-45)54(57)44-14-8-39(9-15-44)41-22-30-51(31-23-41)63(60,61)52-32-24-48(25-33-52)55(3,4)5/h6-36H,1-5H3. The molecule has 0 spiro atoms. The minimum atomic E-state index is -3.69. The number of carbonyl (C=O) groups excluding carboxylic acids is 2. The van der Waals surface area contributed by atoms with E-state index in [2.05, 4.69) is 34.6 Å². The van der Waals surface area contributed by atoms with Crippen LogP contribution in [0.4, 0.5) is 0 Å². The maximum absolute atomic E-state index is 13.7. The number of carbonyl (C=O) groups is 2. The number of benzene rings is 8. The van der Waals surface area contributed by atoms with E-state index in [1.807, 2.05) is 60.7 Å². The van der Waals surface area contributed by atoms with E-state index in [9.17, 15) is 26.4 Å². The van der Waals surface area contributed by atoms with Crippen LogP contribution in [0.5, 0.6) is 0 Å². The smallest absolute Gasteiger partial charge is 0.206 e. The van der Waals surface area contributed by atoms with Gasteiger partial charge in [0.15, 0.2) is 11.6 Å². The molecule has 0 saturated carbocycles. The highest BCUT2D eigenvalue weighted by molar-refractivity contribution is 7.91. The Bertz CT molecular complexity index is 3220. The lowest BCUT2D eigenvalue weighted by Crippen LogP contribution is -2.11. The number of sulfone groups is 2. The minimum absolute atomic E-state index is 0.0826. The van der Waals surface area contributed by atoms with Crippen LogP contribution in [0.15, 0.2) is 202 Å². The van der Waals surface area contributed by atoms with Crippen LogP contribution in [0.3, 0.4) is 0 Å². The van der Waals surface area contributed by atoms with Gasteiger partial charge in [0, 0.05) is 22.3 Å². The maximum atomic E-state index is 13.7. The molecule has 0 heterocycles. The molecule has 0 N–H and O–H groups in total. The highest BCUT2D eigenvalue weighted by atomic mass is 32.2. The van der Waals surface area contributed by atoms with E-state index < -0.39 is 19.7 Å². The molecule has 8 rings (SSSR count). The molecule has 0 aliphatic rings. The molecule has 0 atom stereocenters. The van der Waals surface area contributed by atoms with Gasteiger partial charge in [-0.05, 0) is 116 Å². The summed E-state index contributed by atoms with van der Waals surface area (Å²) in [4.78, 5) is 28.3. The minimum Gasteiger partial charge on any atom is -0.289 e. The molecule has 0 aromatic heterocycles. The van der Waals surface area contributed by atoms with Crippen molar-refractivity contribution in [3.8, 4) is 22.3 Å². The van der Waals surface area contributed by atoms with Crippen molar-refractivity contribution in [2.45, 2.75) is 65.5 Å². The van der Waals surface area contributed by atoms with Crippen molar-refractivity contribution >= 4 is 42.0 Å². The lowest BCUT2D eigenvalue weighted by atomic mass is 9.87. The first kappa shape index (κ1) is 42.9. The third kappa shape index (κ3) is 8.83. The summed E-state index contributed by atoms with van der Waals surface area (Å²) < 4.78 is 53.3. The highest BCUT2D eigenvalue weighted by Crippen LogP contribution is 2.31. The van der Waals surface area contributed by atoms with Crippen molar-refractivity contribution in [3.05, 3.63) is 215 Å². The van der Waals surface area contributed by atoms with Crippen LogP contribution < -0.4 is 0 Å². The van der Waals surface area contributed by atoms with Gasteiger partial charge in [-0.1, -0.05) is 156 Å². The Kier molecular flexibility index (Phi) is 11.5. The van der Waals surface area contributed by atoms with E-state index in [-0.39, 0.29) is 36.6 Å². The van der Waals surface area contributed by atoms with Crippen molar-refractivity contribution in [1.82, 2.24) is 0 Å². The van der Waals surface area contributed by atoms with Gasteiger partial charge in [0.05, 0.1) is 19.6 Å². The van der Waals surface area contributed by atoms with Gasteiger partial charge in [-0.15, -0.1) is 0 Å². The monoisotopic (exact) mass is 866 g/mol. The van der Waals surface area contributed by atoms with E-state index >= 15 is 0 Å². The first-order valence-electron chi connectivity index (χ1n) is 20.7. The van der Waals surface area contributed by atoms with Gasteiger partial charge in [0.1, 0.15) is 0 Å². The molecule has 314 valence electrons. The summed E-state index contributed by atoms with van der Waals surface area (Å²) in [5, 5.41) is 1.64. The zero-order chi connectivity index (χ0) is 44.7. The van der Waals surface area contributed by atoms with Gasteiger partial charge in [-0.25, -0.2) is 16.8 Å².